The Kier molecular flexibility index (Phi) is 4.56. The van der Waals surface area contributed by atoms with Crippen LogP contribution in [0.1, 0.15) is 17.2 Å². The highest BCUT2D eigenvalue weighted by Gasteiger charge is 2.21. The van der Waals surface area contributed by atoms with Crippen LogP contribution in [0.25, 0.3) is 0 Å². The Balaban J connectivity index is 2.25. The van der Waals surface area contributed by atoms with Crippen LogP contribution in [0, 0.1) is 6.92 Å². The number of nitrogens with one attached hydrogen (secondary N) is 2. The molecule has 3 amide bonds. The summed E-state index contributed by atoms with van der Waals surface area (Å²) in [6.07, 6.45) is 0. The van der Waals surface area contributed by atoms with Gasteiger partial charge in [-0.15, -0.1) is 0 Å². The lowest BCUT2D eigenvalue weighted by Crippen LogP contribution is -2.40. The molecule has 2 rings (SSSR count). The smallest absolute Gasteiger partial charge is 0.318 e. The zero-order valence-electron chi connectivity index (χ0n) is 11.7. The molecular weight excluding hydrogens is 266 g/mol. The van der Waals surface area contributed by atoms with Gasteiger partial charge in [-0.1, -0.05) is 48.0 Å². The summed E-state index contributed by atoms with van der Waals surface area (Å²) >= 11 is 0. The summed E-state index contributed by atoms with van der Waals surface area (Å²) in [5.41, 5.74) is 7.68. The largest absolute Gasteiger partial charge is 0.370 e. The number of primary amides is 1. The molecule has 0 bridgehead atoms. The van der Waals surface area contributed by atoms with Crippen LogP contribution in [0.4, 0.5) is 10.5 Å². The predicted molar refractivity (Wildman–Crippen MR) is 81.7 cm³/mol. The molecule has 0 fully saturated rings. The van der Waals surface area contributed by atoms with Crippen molar-refractivity contribution >= 4 is 17.6 Å². The van der Waals surface area contributed by atoms with E-state index in [1.165, 1.54) is 0 Å². The number of carbonyl (C=O) groups is 2. The number of hydrogen-bond acceptors (Lipinski definition) is 3. The van der Waals surface area contributed by atoms with E-state index in [9.17, 15) is 9.59 Å². The maximum absolute atomic E-state index is 12.2. The lowest BCUT2D eigenvalue weighted by Gasteiger charge is -2.19. The van der Waals surface area contributed by atoms with Crippen LogP contribution in [-0.4, -0.2) is 11.9 Å². The minimum absolute atomic E-state index is 0.491. The Morgan fingerprint density at radius 1 is 1.00 bits per heavy atom. The van der Waals surface area contributed by atoms with Crippen LogP contribution >= 0.6 is 0 Å². The average molecular weight is 283 g/mol. The van der Waals surface area contributed by atoms with Crippen molar-refractivity contribution in [2.75, 3.05) is 5.32 Å². The Bertz CT molecular complexity index is 624. The third-order valence-corrected chi connectivity index (χ3v) is 3.00. The van der Waals surface area contributed by atoms with Crippen molar-refractivity contribution in [3.05, 3.63) is 65.7 Å². The summed E-state index contributed by atoms with van der Waals surface area (Å²) in [5.74, 6) is -0.491. The van der Waals surface area contributed by atoms with Gasteiger partial charge in [-0.3, -0.25) is 10.1 Å². The van der Waals surface area contributed by atoms with Crippen LogP contribution in [0.2, 0.25) is 0 Å². The van der Waals surface area contributed by atoms with Gasteiger partial charge in [-0.2, -0.15) is 0 Å². The van der Waals surface area contributed by atoms with Gasteiger partial charge in [0.15, 0.2) is 0 Å². The normalized spacial score (nSPS) is 11.5. The van der Waals surface area contributed by atoms with Gasteiger partial charge in [0.1, 0.15) is 6.04 Å². The first-order valence-corrected chi connectivity index (χ1v) is 6.54. The van der Waals surface area contributed by atoms with Crippen molar-refractivity contribution in [1.29, 1.82) is 0 Å². The van der Waals surface area contributed by atoms with E-state index in [0.29, 0.717) is 0 Å². The van der Waals surface area contributed by atoms with Crippen molar-refractivity contribution < 1.29 is 9.59 Å². The van der Waals surface area contributed by atoms with Gasteiger partial charge in [0.2, 0.25) is 0 Å². The number of amides is 3. The zero-order chi connectivity index (χ0) is 15.2. The first-order valence-electron chi connectivity index (χ1n) is 6.54. The van der Waals surface area contributed by atoms with Crippen LogP contribution < -0.4 is 16.4 Å². The molecule has 1 atom stereocenters. The number of carbonyl (C=O) groups excluding carboxylic acids is 2. The van der Waals surface area contributed by atoms with E-state index in [0.717, 1.165) is 16.8 Å². The minimum Gasteiger partial charge on any atom is -0.370 e. The predicted octanol–water partition coefficient (Wildman–Crippen LogP) is 2.34. The van der Waals surface area contributed by atoms with Crippen molar-refractivity contribution in [1.82, 2.24) is 5.32 Å². The fourth-order valence-electron chi connectivity index (χ4n) is 1.96. The summed E-state index contributed by atoms with van der Waals surface area (Å²) in [4.78, 5) is 23.1. The standard InChI is InChI=1S/C16H17N3O2/c1-11-7-9-13(10-8-11)18-14(15(20)19-16(17)21)12-5-3-2-4-6-12/h2-10,14,18H,1H3,(H3,17,19,20,21)/t14-/m0/s1. The fraction of sp³-hybridized carbons (Fsp3) is 0.125. The molecule has 108 valence electrons. The SMILES string of the molecule is Cc1ccc(N[C@H](C(=O)NC(N)=O)c2ccccc2)cc1. The summed E-state index contributed by atoms with van der Waals surface area (Å²) < 4.78 is 0. The highest BCUT2D eigenvalue weighted by Crippen LogP contribution is 2.20. The quantitative estimate of drug-likeness (QED) is 0.805. The van der Waals surface area contributed by atoms with Crippen LogP contribution in [-0.2, 0) is 4.79 Å². The zero-order valence-corrected chi connectivity index (χ0v) is 11.7. The molecule has 0 saturated carbocycles. The number of nitrogens with two attached hydrogens (primary N) is 1. The van der Waals surface area contributed by atoms with E-state index < -0.39 is 18.0 Å². The number of imide groups is 1. The first-order chi connectivity index (χ1) is 10.1. The molecule has 0 aliphatic heterocycles. The lowest BCUT2D eigenvalue weighted by molar-refractivity contribution is -0.120. The van der Waals surface area contributed by atoms with E-state index in [4.69, 9.17) is 5.73 Å². The molecule has 0 aliphatic carbocycles. The molecule has 4 N–H and O–H groups in total. The van der Waals surface area contributed by atoms with Gasteiger partial charge in [0, 0.05) is 5.69 Å². The lowest BCUT2D eigenvalue weighted by atomic mass is 10.1. The molecule has 21 heavy (non-hydrogen) atoms. The maximum atomic E-state index is 12.2. The highest BCUT2D eigenvalue weighted by atomic mass is 16.2. The molecule has 0 aliphatic rings. The monoisotopic (exact) mass is 283 g/mol. The van der Waals surface area contributed by atoms with Gasteiger partial charge in [0.25, 0.3) is 5.91 Å². The second-order valence-electron chi connectivity index (χ2n) is 4.71. The van der Waals surface area contributed by atoms with Crippen molar-refractivity contribution in [2.45, 2.75) is 13.0 Å². The van der Waals surface area contributed by atoms with E-state index in [1.54, 1.807) is 0 Å². The maximum Gasteiger partial charge on any atom is 0.318 e. The van der Waals surface area contributed by atoms with Crippen LogP contribution in [0.5, 0.6) is 0 Å². The average Bonchev–Trinajstić information content (AvgIpc) is 2.46. The Morgan fingerprint density at radius 3 is 2.19 bits per heavy atom. The molecule has 0 aromatic heterocycles. The number of urea groups is 1. The van der Waals surface area contributed by atoms with Crippen LogP contribution in [0.15, 0.2) is 54.6 Å². The summed E-state index contributed by atoms with van der Waals surface area (Å²) in [5, 5.41) is 5.22. The molecule has 5 heteroatoms. The van der Waals surface area contributed by atoms with E-state index in [-0.39, 0.29) is 0 Å². The second-order valence-corrected chi connectivity index (χ2v) is 4.71. The topological polar surface area (TPSA) is 84.2 Å². The number of hydrogen-bond donors (Lipinski definition) is 3. The van der Waals surface area contributed by atoms with Gasteiger partial charge in [-0.25, -0.2) is 4.79 Å². The summed E-state index contributed by atoms with van der Waals surface area (Å²) in [7, 11) is 0. The fourth-order valence-corrected chi connectivity index (χ4v) is 1.96. The summed E-state index contributed by atoms with van der Waals surface area (Å²) in [6.45, 7) is 1.98. The second kappa shape index (κ2) is 6.56. The minimum atomic E-state index is -0.869. The molecular formula is C16H17N3O2. The van der Waals surface area contributed by atoms with E-state index in [1.807, 2.05) is 61.5 Å². The summed E-state index contributed by atoms with van der Waals surface area (Å²) in [6, 6.07) is 15.2. The molecule has 2 aromatic carbocycles. The molecule has 0 heterocycles. The van der Waals surface area contributed by atoms with Gasteiger partial charge in [0.05, 0.1) is 0 Å². The third kappa shape index (κ3) is 4.07. The van der Waals surface area contributed by atoms with Crippen molar-refractivity contribution in [3.8, 4) is 0 Å². The number of rotatable bonds is 4. The molecule has 2 aromatic rings. The highest BCUT2D eigenvalue weighted by molar-refractivity contribution is 5.98. The number of benzene rings is 2. The molecule has 0 unspecified atom stereocenters. The number of aryl methyl sites for hydroxylation is 1. The Morgan fingerprint density at radius 2 is 1.62 bits per heavy atom. The third-order valence-electron chi connectivity index (χ3n) is 3.00. The molecule has 5 nitrogen and oxygen atoms in total. The van der Waals surface area contributed by atoms with Gasteiger partial charge in [-0.05, 0) is 24.6 Å². The Hall–Kier alpha value is -2.82. The first kappa shape index (κ1) is 14.6. The van der Waals surface area contributed by atoms with Crippen LogP contribution in [0.3, 0.4) is 0 Å². The van der Waals surface area contributed by atoms with Gasteiger partial charge < -0.3 is 11.1 Å². The van der Waals surface area contributed by atoms with E-state index in [2.05, 4.69) is 10.6 Å². The van der Waals surface area contributed by atoms with Gasteiger partial charge >= 0.3 is 6.03 Å². The molecule has 0 radical (unpaired) electrons. The Labute approximate surface area is 123 Å². The van der Waals surface area contributed by atoms with E-state index >= 15 is 0 Å². The van der Waals surface area contributed by atoms with Crippen molar-refractivity contribution in [2.24, 2.45) is 5.73 Å². The molecule has 0 saturated heterocycles. The molecule has 0 spiro atoms. The van der Waals surface area contributed by atoms with Crippen molar-refractivity contribution in [3.63, 3.8) is 0 Å². The number of anilines is 1.